The zero-order valence-electron chi connectivity index (χ0n) is 24.1. The Bertz CT molecular complexity index is 1330. The number of imidazole rings is 2. The van der Waals surface area contributed by atoms with Crippen LogP contribution in [-0.2, 0) is 0 Å². The third-order valence-electron chi connectivity index (χ3n) is 6.82. The van der Waals surface area contributed by atoms with Crippen molar-refractivity contribution >= 4 is 46.0 Å². The van der Waals surface area contributed by atoms with Gasteiger partial charge in [-0.15, -0.1) is 0 Å². The van der Waals surface area contributed by atoms with Gasteiger partial charge >= 0.3 is 12.1 Å². The zero-order chi connectivity index (χ0) is 29.2. The summed E-state index contributed by atoms with van der Waals surface area (Å²) < 4.78 is 6.06. The molecule has 0 spiro atoms. The van der Waals surface area contributed by atoms with Gasteiger partial charge < -0.3 is 35.1 Å². The van der Waals surface area contributed by atoms with Gasteiger partial charge in [-0.1, -0.05) is 27.7 Å². The maximum atomic E-state index is 12.3. The summed E-state index contributed by atoms with van der Waals surface area (Å²) >= 11 is 0. The number of nitrogens with zero attached hydrogens (tertiary/aromatic N) is 4. The molecule has 0 saturated heterocycles. The number of carbonyl (C=O) groups is 2. The van der Waals surface area contributed by atoms with Crippen molar-refractivity contribution in [3.63, 3.8) is 0 Å². The molecule has 0 bridgehead atoms. The molecule has 6 N–H and O–H groups in total. The predicted molar refractivity (Wildman–Crippen MR) is 162 cm³/mol. The Morgan fingerprint density at radius 3 is 1.51 bits per heavy atom. The Labute approximate surface area is 239 Å². The molecule has 0 fully saturated rings. The predicted octanol–water partition coefficient (Wildman–Crippen LogP) is 4.16. The lowest BCUT2D eigenvalue weighted by atomic mass is 10.3. The number of aromatic nitrogens is 4. The van der Waals surface area contributed by atoms with Crippen LogP contribution >= 0.6 is 0 Å². The van der Waals surface area contributed by atoms with Crippen LogP contribution in [-0.4, -0.2) is 94.2 Å². The molecule has 0 aliphatic heterocycles. The van der Waals surface area contributed by atoms with E-state index < -0.39 is 0 Å². The number of fused-ring (bicyclic) bond motifs is 2. The van der Waals surface area contributed by atoms with Crippen molar-refractivity contribution in [3.8, 4) is 11.5 Å². The number of benzene rings is 2. The maximum absolute atomic E-state index is 12.3. The summed E-state index contributed by atoms with van der Waals surface area (Å²) in [4.78, 5) is 44.1. The fourth-order valence-electron chi connectivity index (χ4n) is 4.40. The molecule has 4 amide bonds. The van der Waals surface area contributed by atoms with Crippen LogP contribution in [0.4, 0.5) is 21.5 Å². The molecule has 13 heteroatoms. The Hall–Kier alpha value is -4.36. The lowest BCUT2D eigenvalue weighted by Crippen LogP contribution is -2.37. The van der Waals surface area contributed by atoms with Gasteiger partial charge in [-0.05, 0) is 50.4 Å². The van der Waals surface area contributed by atoms with E-state index in [-0.39, 0.29) is 12.1 Å². The summed E-state index contributed by atoms with van der Waals surface area (Å²) in [7, 11) is 0. The molecule has 41 heavy (non-hydrogen) atoms. The number of ether oxygens (including phenoxy) is 1. The molecule has 4 rings (SSSR count). The highest BCUT2D eigenvalue weighted by Gasteiger charge is 2.11. The number of aromatic amines is 2. The Morgan fingerprint density at radius 1 is 0.707 bits per heavy atom. The number of likely N-dealkylation sites (N-methyl/N-ethyl adjacent to an activating group) is 2. The number of urea groups is 2. The Kier molecular flexibility index (Phi) is 10.3. The molecule has 2 heterocycles. The van der Waals surface area contributed by atoms with Gasteiger partial charge in [0.2, 0.25) is 11.9 Å². The largest absolute Gasteiger partial charge is 0.457 e. The lowest BCUT2D eigenvalue weighted by Gasteiger charge is -2.17. The standard InChI is InChI=1S/C28H40N10O3/c1-5-37(6-2)15-13-29-27(39)35-25-31-21-11-9-19(17-23(21)33-25)41-20-10-12-22-24(18-20)34-26(32-22)36-28(40)30-14-16-38(7-3)8-4/h9-12,17-18H,5-8,13-16H2,1-4H3,(H3,29,31,33,35,39)(H3,30,32,34,36,40). The number of hydrogen-bond acceptors (Lipinski definition) is 7. The first kappa shape index (κ1) is 29.6. The topological polar surface area (TPSA) is 155 Å². The fourth-order valence-corrected chi connectivity index (χ4v) is 4.40. The summed E-state index contributed by atoms with van der Waals surface area (Å²) in [5, 5.41) is 11.2. The van der Waals surface area contributed by atoms with E-state index in [2.05, 4.69) is 78.7 Å². The van der Waals surface area contributed by atoms with E-state index in [1.165, 1.54) is 0 Å². The summed E-state index contributed by atoms with van der Waals surface area (Å²) in [5.41, 5.74) is 2.85. The number of H-pyrrole nitrogens is 2. The molecule has 0 radical (unpaired) electrons. The van der Waals surface area contributed by atoms with Crippen LogP contribution in [0.2, 0.25) is 0 Å². The van der Waals surface area contributed by atoms with Crippen molar-refractivity contribution < 1.29 is 14.3 Å². The van der Waals surface area contributed by atoms with Gasteiger partial charge in [-0.2, -0.15) is 0 Å². The zero-order valence-corrected chi connectivity index (χ0v) is 24.1. The Morgan fingerprint density at radius 2 is 1.12 bits per heavy atom. The molecular weight excluding hydrogens is 524 g/mol. The van der Waals surface area contributed by atoms with Gasteiger partial charge in [0.15, 0.2) is 0 Å². The van der Waals surface area contributed by atoms with Crippen LogP contribution < -0.4 is 26.0 Å². The number of carbonyl (C=O) groups excluding carboxylic acids is 2. The van der Waals surface area contributed by atoms with E-state index in [9.17, 15) is 9.59 Å². The van der Waals surface area contributed by atoms with E-state index >= 15 is 0 Å². The number of nitrogens with one attached hydrogen (secondary N) is 6. The minimum Gasteiger partial charge on any atom is -0.457 e. The SMILES string of the molecule is CCN(CC)CCNC(=O)Nc1nc2ccc(Oc3ccc4nc(NC(=O)NCCN(CC)CC)[nH]c4c3)cc2[nH]1. The molecule has 0 aliphatic carbocycles. The van der Waals surface area contributed by atoms with Gasteiger partial charge in [-0.25, -0.2) is 19.6 Å². The van der Waals surface area contributed by atoms with Crippen LogP contribution in [0.3, 0.4) is 0 Å². The molecule has 13 nitrogen and oxygen atoms in total. The van der Waals surface area contributed by atoms with Crippen molar-refractivity contribution in [1.82, 2.24) is 40.4 Å². The van der Waals surface area contributed by atoms with E-state index in [1.807, 2.05) is 36.4 Å². The molecular formula is C28H40N10O3. The third-order valence-corrected chi connectivity index (χ3v) is 6.82. The quantitative estimate of drug-likeness (QED) is 0.134. The molecule has 0 saturated carbocycles. The van der Waals surface area contributed by atoms with Crippen molar-refractivity contribution in [3.05, 3.63) is 36.4 Å². The van der Waals surface area contributed by atoms with Crippen LogP contribution in [0.25, 0.3) is 22.1 Å². The van der Waals surface area contributed by atoms with E-state index in [4.69, 9.17) is 4.74 Å². The van der Waals surface area contributed by atoms with Crippen molar-refractivity contribution in [2.45, 2.75) is 27.7 Å². The first-order valence-corrected chi connectivity index (χ1v) is 14.1. The lowest BCUT2D eigenvalue weighted by molar-refractivity contribution is 0.247. The second kappa shape index (κ2) is 14.3. The van der Waals surface area contributed by atoms with Crippen molar-refractivity contribution in [2.24, 2.45) is 0 Å². The average Bonchev–Trinajstić information content (AvgIpc) is 3.55. The molecule has 4 aromatic rings. The second-order valence-corrected chi connectivity index (χ2v) is 9.45. The highest BCUT2D eigenvalue weighted by Crippen LogP contribution is 2.28. The highest BCUT2D eigenvalue weighted by atomic mass is 16.5. The highest BCUT2D eigenvalue weighted by molar-refractivity contribution is 5.91. The third kappa shape index (κ3) is 8.32. The smallest absolute Gasteiger partial charge is 0.321 e. The maximum Gasteiger partial charge on any atom is 0.321 e. The number of hydrogen-bond donors (Lipinski definition) is 6. The normalized spacial score (nSPS) is 11.4. The molecule has 0 atom stereocenters. The van der Waals surface area contributed by atoms with Crippen molar-refractivity contribution in [2.75, 3.05) is 63.0 Å². The summed E-state index contributed by atoms with van der Waals surface area (Å²) in [6.07, 6.45) is 0. The molecule has 0 unspecified atom stereocenters. The number of rotatable bonds is 14. The van der Waals surface area contributed by atoms with Gasteiger partial charge in [0.25, 0.3) is 0 Å². The van der Waals surface area contributed by atoms with Gasteiger partial charge in [0.1, 0.15) is 11.5 Å². The van der Waals surface area contributed by atoms with Crippen LogP contribution in [0.5, 0.6) is 11.5 Å². The monoisotopic (exact) mass is 564 g/mol. The minimum absolute atomic E-state index is 0.313. The first-order chi connectivity index (χ1) is 19.9. The van der Waals surface area contributed by atoms with Crippen LogP contribution in [0, 0.1) is 0 Å². The van der Waals surface area contributed by atoms with Crippen molar-refractivity contribution in [1.29, 1.82) is 0 Å². The Balaban J connectivity index is 1.32. The van der Waals surface area contributed by atoms with Crippen LogP contribution in [0.15, 0.2) is 36.4 Å². The number of anilines is 2. The van der Waals surface area contributed by atoms with Gasteiger partial charge in [-0.3, -0.25) is 10.6 Å². The fraction of sp³-hybridized carbons (Fsp3) is 0.429. The molecule has 220 valence electrons. The summed E-state index contributed by atoms with van der Waals surface area (Å²) in [5.74, 6) is 1.91. The van der Waals surface area contributed by atoms with E-state index in [0.717, 1.165) is 50.3 Å². The summed E-state index contributed by atoms with van der Waals surface area (Å²) in [6.45, 7) is 14.8. The van der Waals surface area contributed by atoms with E-state index in [0.29, 0.717) is 47.5 Å². The average molecular weight is 565 g/mol. The van der Waals surface area contributed by atoms with Gasteiger partial charge in [0.05, 0.1) is 22.1 Å². The second-order valence-electron chi connectivity index (χ2n) is 9.45. The first-order valence-electron chi connectivity index (χ1n) is 14.1. The molecule has 2 aromatic carbocycles. The molecule has 0 aliphatic rings. The minimum atomic E-state index is -0.313. The van der Waals surface area contributed by atoms with Crippen LogP contribution in [0.1, 0.15) is 27.7 Å². The number of amides is 4. The summed E-state index contributed by atoms with van der Waals surface area (Å²) in [6, 6.07) is 10.3. The van der Waals surface area contributed by atoms with E-state index in [1.54, 1.807) is 0 Å². The van der Waals surface area contributed by atoms with Gasteiger partial charge in [0, 0.05) is 38.3 Å². The molecule has 2 aromatic heterocycles.